The summed E-state index contributed by atoms with van der Waals surface area (Å²) in [6.07, 6.45) is 67.5. The minimum Gasteiger partial charge on any atom is -0.462 e. The number of aliphatic hydroxyl groups excluding tert-OH is 1. The topological polar surface area (TPSA) is 237 Å². The van der Waals surface area contributed by atoms with E-state index in [1.807, 2.05) is 0 Å². The van der Waals surface area contributed by atoms with Crippen LogP contribution in [0.2, 0.25) is 0 Å². The highest BCUT2D eigenvalue weighted by molar-refractivity contribution is 7.47. The van der Waals surface area contributed by atoms with Crippen LogP contribution >= 0.6 is 15.6 Å². The molecule has 0 aliphatic carbocycles. The summed E-state index contributed by atoms with van der Waals surface area (Å²) < 4.78 is 68.7. The van der Waals surface area contributed by atoms with E-state index in [2.05, 4.69) is 65.8 Å². The van der Waals surface area contributed by atoms with Crippen molar-refractivity contribution in [2.45, 2.75) is 432 Å². The van der Waals surface area contributed by atoms with E-state index < -0.39 is 97.5 Å². The van der Waals surface area contributed by atoms with E-state index in [0.717, 1.165) is 121 Å². The van der Waals surface area contributed by atoms with Gasteiger partial charge in [0.25, 0.3) is 0 Å². The third-order valence-electron chi connectivity index (χ3n) is 19.2. The van der Waals surface area contributed by atoms with Crippen LogP contribution in [0.25, 0.3) is 0 Å². The molecule has 3 unspecified atom stereocenters. The average molecular weight is 1490 g/mol. The molecule has 0 fully saturated rings. The van der Waals surface area contributed by atoms with E-state index in [1.165, 1.54) is 212 Å². The highest BCUT2D eigenvalue weighted by atomic mass is 31.2. The summed E-state index contributed by atoms with van der Waals surface area (Å²) >= 11 is 0. The van der Waals surface area contributed by atoms with Crippen LogP contribution in [-0.2, 0) is 65.4 Å². The predicted octanol–water partition coefficient (Wildman–Crippen LogP) is 24.6. The number of esters is 4. The van der Waals surface area contributed by atoms with Crippen LogP contribution in [0.5, 0.6) is 0 Å². The minimum atomic E-state index is -4.97. The number of phosphoric ester groups is 2. The van der Waals surface area contributed by atoms with Gasteiger partial charge in [0.2, 0.25) is 0 Å². The molecule has 0 saturated heterocycles. The molecule has 0 aromatic heterocycles. The number of allylic oxidation sites excluding steroid dienone is 4. The molecule has 0 heterocycles. The van der Waals surface area contributed by atoms with Gasteiger partial charge in [-0.25, -0.2) is 9.13 Å². The first-order chi connectivity index (χ1) is 49.4. The van der Waals surface area contributed by atoms with Gasteiger partial charge in [0.1, 0.15) is 19.3 Å². The summed E-state index contributed by atoms with van der Waals surface area (Å²) in [5.74, 6) is -0.613. The maximum absolute atomic E-state index is 13.1. The SMILES string of the molecule is CCCCCC/C=C\C=C/CCCCCCCC(=O)OC[C@H](COP(=O)(O)OC[C@@H](O)COP(=O)(O)OC[C@@H](COC(=O)CCCCCCCCCCC(C)C)OC(=O)CCCCCCCCCCCCC(C)CC)OC(=O)CCCCCCCCCCCCCCCCCCCCCCCC. The van der Waals surface area contributed by atoms with E-state index in [-0.39, 0.29) is 25.7 Å². The van der Waals surface area contributed by atoms with Crippen LogP contribution in [0.3, 0.4) is 0 Å². The summed E-state index contributed by atoms with van der Waals surface area (Å²) in [6.45, 7) is 9.56. The van der Waals surface area contributed by atoms with E-state index in [4.69, 9.17) is 37.0 Å². The number of phosphoric acid groups is 2. The molecule has 0 rings (SSSR count). The zero-order valence-corrected chi connectivity index (χ0v) is 68.2. The molecule has 0 spiro atoms. The highest BCUT2D eigenvalue weighted by Crippen LogP contribution is 2.45. The van der Waals surface area contributed by atoms with Crippen molar-refractivity contribution in [3.05, 3.63) is 24.3 Å². The van der Waals surface area contributed by atoms with Gasteiger partial charge in [-0.2, -0.15) is 0 Å². The maximum atomic E-state index is 13.1. The van der Waals surface area contributed by atoms with Crippen LogP contribution in [0.1, 0.15) is 414 Å². The van der Waals surface area contributed by atoms with Gasteiger partial charge in [0, 0.05) is 25.7 Å². The largest absolute Gasteiger partial charge is 0.472 e. The van der Waals surface area contributed by atoms with Gasteiger partial charge in [-0.3, -0.25) is 37.3 Å². The van der Waals surface area contributed by atoms with Crippen molar-refractivity contribution in [2.24, 2.45) is 11.8 Å². The highest BCUT2D eigenvalue weighted by Gasteiger charge is 2.30. The molecule has 19 heteroatoms. The Morgan fingerprint density at radius 1 is 0.324 bits per heavy atom. The van der Waals surface area contributed by atoms with Gasteiger partial charge in [-0.1, -0.05) is 361 Å². The Bertz CT molecular complexity index is 2060. The van der Waals surface area contributed by atoms with Gasteiger partial charge in [-0.15, -0.1) is 0 Å². The number of hydrogen-bond donors (Lipinski definition) is 3. The number of rotatable bonds is 80. The van der Waals surface area contributed by atoms with Crippen LogP contribution in [-0.4, -0.2) is 96.7 Å². The fraction of sp³-hybridized carbons (Fsp3) is 0.904. The molecule has 602 valence electrons. The van der Waals surface area contributed by atoms with Gasteiger partial charge in [0.15, 0.2) is 12.2 Å². The molecule has 6 atom stereocenters. The number of ether oxygens (including phenoxy) is 4. The van der Waals surface area contributed by atoms with Crippen molar-refractivity contribution in [1.82, 2.24) is 0 Å². The second-order valence-corrected chi connectivity index (χ2v) is 32.8. The lowest BCUT2D eigenvalue weighted by Gasteiger charge is -2.21. The normalized spacial score (nSPS) is 14.3. The third kappa shape index (κ3) is 74.4. The molecule has 3 N–H and O–H groups in total. The lowest BCUT2D eigenvalue weighted by molar-refractivity contribution is -0.161. The number of carbonyl (C=O) groups excluding carboxylic acids is 4. The van der Waals surface area contributed by atoms with Crippen LogP contribution in [0.4, 0.5) is 0 Å². The summed E-state index contributed by atoms with van der Waals surface area (Å²) in [4.78, 5) is 73.1. The second kappa shape index (κ2) is 74.0. The fourth-order valence-corrected chi connectivity index (χ4v) is 13.9. The predicted molar refractivity (Wildman–Crippen MR) is 418 cm³/mol. The molecule has 0 aliphatic rings. The Hall–Kier alpha value is -2.46. The number of aliphatic hydroxyl groups is 1. The monoisotopic (exact) mass is 1490 g/mol. The summed E-state index contributed by atoms with van der Waals surface area (Å²) in [5.41, 5.74) is 0. The average Bonchev–Trinajstić information content (AvgIpc) is 0.907. The lowest BCUT2D eigenvalue weighted by atomic mass is 9.99. The molecule has 0 amide bonds. The van der Waals surface area contributed by atoms with Gasteiger partial charge < -0.3 is 33.8 Å². The van der Waals surface area contributed by atoms with E-state index in [0.29, 0.717) is 25.7 Å². The van der Waals surface area contributed by atoms with Crippen LogP contribution in [0, 0.1) is 11.8 Å². The van der Waals surface area contributed by atoms with Crippen molar-refractivity contribution in [2.75, 3.05) is 39.6 Å². The molecule has 0 bridgehead atoms. The molecule has 0 aromatic carbocycles. The van der Waals surface area contributed by atoms with Crippen molar-refractivity contribution in [1.29, 1.82) is 0 Å². The Kier molecular flexibility index (Phi) is 72.2. The first-order valence-corrected chi connectivity index (χ1v) is 45.3. The number of hydrogen-bond acceptors (Lipinski definition) is 15. The van der Waals surface area contributed by atoms with Crippen LogP contribution in [0.15, 0.2) is 24.3 Å². The number of carbonyl (C=O) groups is 4. The molecule has 0 aromatic rings. The lowest BCUT2D eigenvalue weighted by Crippen LogP contribution is -2.30. The zero-order chi connectivity index (χ0) is 74.9. The van der Waals surface area contributed by atoms with Gasteiger partial charge >= 0.3 is 39.5 Å². The first-order valence-electron chi connectivity index (χ1n) is 42.3. The molecule has 0 radical (unpaired) electrons. The molecule has 17 nitrogen and oxygen atoms in total. The van der Waals surface area contributed by atoms with E-state index in [9.17, 15) is 43.2 Å². The molecule has 0 aliphatic heterocycles. The van der Waals surface area contributed by atoms with Gasteiger partial charge in [0.05, 0.1) is 26.4 Å². The molecular weight excluding hydrogens is 1330 g/mol. The first kappa shape index (κ1) is 99.5. The Balaban J connectivity index is 5.26. The number of unbranched alkanes of at least 4 members (excludes halogenated alkanes) is 46. The smallest absolute Gasteiger partial charge is 0.462 e. The van der Waals surface area contributed by atoms with Gasteiger partial charge in [-0.05, 0) is 63.2 Å². The summed E-state index contributed by atoms with van der Waals surface area (Å²) in [6, 6.07) is 0. The Labute approximate surface area is 624 Å². The van der Waals surface area contributed by atoms with Crippen molar-refractivity contribution in [3.63, 3.8) is 0 Å². The Morgan fingerprint density at radius 3 is 0.882 bits per heavy atom. The standard InChI is InChI=1S/C83H158O17P2/c1-7-10-12-14-16-18-20-22-24-25-26-27-28-29-30-32-34-36-41-49-55-61-67-82(87)99-78(71-93-80(85)65-59-53-47-40-35-33-31-23-21-19-17-15-13-11-8-2)73-97-101(89,90)95-69-77(84)70-96-102(91,92)98-74-79(72-94-81(86)66-60-54-48-44-43-45-51-57-63-75(4)5)100-83(88)68-62-56-50-42-38-37-39-46-52-58-64-76(6)9-3/h19,21,23,31,75-79,84H,7-18,20,22,24-30,32-74H2,1-6H3,(H,89,90)(H,91,92)/b21-19-,31-23-/t76?,77-,78-,79-/m1/s1. The molecule has 0 saturated carbocycles. The second-order valence-electron chi connectivity index (χ2n) is 29.9. The summed E-state index contributed by atoms with van der Waals surface area (Å²) in [5, 5.41) is 10.6. The Morgan fingerprint density at radius 2 is 0.578 bits per heavy atom. The van der Waals surface area contributed by atoms with Crippen molar-refractivity contribution >= 4 is 39.5 Å². The maximum Gasteiger partial charge on any atom is 0.472 e. The fourth-order valence-electron chi connectivity index (χ4n) is 12.3. The van der Waals surface area contributed by atoms with E-state index in [1.54, 1.807) is 0 Å². The third-order valence-corrected chi connectivity index (χ3v) is 21.1. The zero-order valence-electron chi connectivity index (χ0n) is 66.4. The molecule has 102 heavy (non-hydrogen) atoms. The minimum absolute atomic E-state index is 0.102. The molecular formula is C83H158O17P2. The quantitative estimate of drug-likeness (QED) is 0.0169. The van der Waals surface area contributed by atoms with Crippen LogP contribution < -0.4 is 0 Å². The van der Waals surface area contributed by atoms with Crippen molar-refractivity contribution < 1.29 is 80.2 Å². The summed E-state index contributed by atoms with van der Waals surface area (Å²) in [7, 11) is -9.93. The van der Waals surface area contributed by atoms with E-state index >= 15 is 0 Å². The van der Waals surface area contributed by atoms with Crippen molar-refractivity contribution in [3.8, 4) is 0 Å².